The van der Waals surface area contributed by atoms with Gasteiger partial charge < -0.3 is 0 Å². The maximum atomic E-state index is 14.3. The molecular weight excluding hydrogens is 315 g/mol. The van der Waals surface area contributed by atoms with Gasteiger partial charge in [-0.3, -0.25) is 0 Å². The van der Waals surface area contributed by atoms with E-state index in [4.69, 9.17) is 0 Å². The Bertz CT molecular complexity index is 610. The van der Waals surface area contributed by atoms with Gasteiger partial charge in [0.25, 0.3) is 0 Å². The molecule has 0 aliphatic heterocycles. The molecule has 0 unspecified atom stereocenters. The van der Waals surface area contributed by atoms with E-state index in [1.807, 2.05) is 12.1 Å². The van der Waals surface area contributed by atoms with Gasteiger partial charge in [0.15, 0.2) is 0 Å². The Morgan fingerprint density at radius 1 is 1.00 bits per heavy atom. The molecule has 0 nitrogen and oxygen atoms in total. The Labute approximate surface area is 128 Å². The first-order valence-corrected chi connectivity index (χ1v) is 8.01. The van der Waals surface area contributed by atoms with Gasteiger partial charge in [0.1, 0.15) is 5.82 Å². The normalized spacial score (nSPS) is 15.8. The van der Waals surface area contributed by atoms with Gasteiger partial charge in [0.2, 0.25) is 0 Å². The van der Waals surface area contributed by atoms with Crippen LogP contribution in [0.5, 0.6) is 0 Å². The second kappa shape index (κ2) is 5.69. The van der Waals surface area contributed by atoms with E-state index in [0.29, 0.717) is 17.0 Å². The minimum atomic E-state index is -0.131. The first-order chi connectivity index (χ1) is 9.66. The smallest absolute Gasteiger partial charge is 0.135 e. The summed E-state index contributed by atoms with van der Waals surface area (Å²) in [7, 11) is 0. The third kappa shape index (κ3) is 2.54. The molecule has 0 spiro atoms. The lowest BCUT2D eigenvalue weighted by molar-refractivity contribution is 0.621. The van der Waals surface area contributed by atoms with Gasteiger partial charge in [-0.1, -0.05) is 59.1 Å². The zero-order valence-electron chi connectivity index (χ0n) is 11.6. The summed E-state index contributed by atoms with van der Waals surface area (Å²) >= 11 is 3.37. The average molecular weight is 333 g/mol. The zero-order chi connectivity index (χ0) is 14.1. The molecule has 104 valence electrons. The third-order valence-electron chi connectivity index (χ3n) is 4.37. The molecule has 2 heteroatoms. The summed E-state index contributed by atoms with van der Waals surface area (Å²) in [6, 6.07) is 12.2. The molecule has 1 fully saturated rings. The van der Waals surface area contributed by atoms with Crippen molar-refractivity contribution in [2.45, 2.75) is 38.5 Å². The van der Waals surface area contributed by atoms with E-state index in [1.165, 1.54) is 31.2 Å². The maximum Gasteiger partial charge on any atom is 0.135 e. The van der Waals surface area contributed by atoms with E-state index >= 15 is 0 Å². The van der Waals surface area contributed by atoms with E-state index in [-0.39, 0.29) is 5.82 Å². The van der Waals surface area contributed by atoms with Crippen LogP contribution in [-0.4, -0.2) is 0 Å². The second-order valence-corrected chi connectivity index (χ2v) is 6.49. The first kappa shape index (κ1) is 13.8. The third-order valence-corrected chi connectivity index (χ3v) is 5.23. The highest BCUT2D eigenvalue weighted by Crippen LogP contribution is 2.35. The highest BCUT2D eigenvalue weighted by Gasteiger charge is 2.17. The fourth-order valence-electron chi connectivity index (χ4n) is 3.08. The fraction of sp³-hybridized carbons (Fsp3) is 0.333. The van der Waals surface area contributed by atoms with Crippen molar-refractivity contribution < 1.29 is 4.39 Å². The molecule has 0 heterocycles. The maximum absolute atomic E-state index is 14.3. The summed E-state index contributed by atoms with van der Waals surface area (Å²) in [6.07, 6.45) is 5.27. The van der Waals surface area contributed by atoms with E-state index in [9.17, 15) is 4.39 Å². The standard InChI is InChI=1S/C18H18BrF/c1-12-17(19)11-10-16(18(12)20)15-8-6-14(7-9-15)13-4-2-3-5-13/h6-11,13H,2-5H2,1H3. The molecule has 0 atom stereocenters. The largest absolute Gasteiger partial charge is 0.206 e. The van der Waals surface area contributed by atoms with Crippen LogP contribution in [0.25, 0.3) is 11.1 Å². The minimum absolute atomic E-state index is 0.131. The van der Waals surface area contributed by atoms with Gasteiger partial charge in [-0.2, -0.15) is 0 Å². The zero-order valence-corrected chi connectivity index (χ0v) is 13.2. The van der Waals surface area contributed by atoms with Crippen LogP contribution in [0.4, 0.5) is 4.39 Å². The van der Waals surface area contributed by atoms with Gasteiger partial charge in [-0.05, 0) is 48.4 Å². The number of hydrogen-bond acceptors (Lipinski definition) is 0. The van der Waals surface area contributed by atoms with Crippen molar-refractivity contribution in [3.05, 3.63) is 57.8 Å². The lowest BCUT2D eigenvalue weighted by atomic mass is 9.94. The lowest BCUT2D eigenvalue weighted by Crippen LogP contribution is -1.93. The van der Waals surface area contributed by atoms with Crippen molar-refractivity contribution in [1.29, 1.82) is 0 Å². The number of benzene rings is 2. The van der Waals surface area contributed by atoms with Crippen LogP contribution in [0.1, 0.15) is 42.7 Å². The summed E-state index contributed by atoms with van der Waals surface area (Å²) in [5.74, 6) is 0.577. The second-order valence-electron chi connectivity index (χ2n) is 5.64. The molecule has 1 aliphatic rings. The van der Waals surface area contributed by atoms with E-state index in [1.54, 1.807) is 6.92 Å². The molecule has 20 heavy (non-hydrogen) atoms. The van der Waals surface area contributed by atoms with Crippen LogP contribution < -0.4 is 0 Å². The van der Waals surface area contributed by atoms with Crippen molar-refractivity contribution >= 4 is 15.9 Å². The Kier molecular flexibility index (Phi) is 3.93. The molecule has 0 aromatic heterocycles. The van der Waals surface area contributed by atoms with Crippen LogP contribution in [-0.2, 0) is 0 Å². The first-order valence-electron chi connectivity index (χ1n) is 7.22. The number of rotatable bonds is 2. The van der Waals surface area contributed by atoms with E-state index < -0.39 is 0 Å². The van der Waals surface area contributed by atoms with E-state index in [0.717, 1.165) is 10.0 Å². The van der Waals surface area contributed by atoms with Crippen molar-refractivity contribution in [3.8, 4) is 11.1 Å². The quantitative estimate of drug-likeness (QED) is 0.612. The molecule has 2 aromatic rings. The van der Waals surface area contributed by atoms with Gasteiger partial charge in [0, 0.05) is 10.0 Å². The molecule has 1 saturated carbocycles. The average Bonchev–Trinajstić information content (AvgIpc) is 3.00. The summed E-state index contributed by atoms with van der Waals surface area (Å²) in [4.78, 5) is 0. The predicted molar refractivity (Wildman–Crippen MR) is 85.5 cm³/mol. The molecular formula is C18H18BrF. The van der Waals surface area contributed by atoms with Crippen LogP contribution >= 0.6 is 15.9 Å². The molecule has 2 aromatic carbocycles. The van der Waals surface area contributed by atoms with Crippen molar-refractivity contribution in [2.24, 2.45) is 0 Å². The lowest BCUT2D eigenvalue weighted by Gasteiger charge is -2.12. The number of halogens is 2. The highest BCUT2D eigenvalue weighted by atomic mass is 79.9. The molecule has 0 amide bonds. The summed E-state index contributed by atoms with van der Waals surface area (Å²) in [6.45, 7) is 1.80. The van der Waals surface area contributed by atoms with Crippen molar-refractivity contribution in [2.75, 3.05) is 0 Å². The van der Waals surface area contributed by atoms with Gasteiger partial charge in [-0.15, -0.1) is 0 Å². The molecule has 3 rings (SSSR count). The predicted octanol–water partition coefficient (Wildman–Crippen LogP) is 6.22. The molecule has 0 saturated heterocycles. The molecule has 1 aliphatic carbocycles. The van der Waals surface area contributed by atoms with Gasteiger partial charge in [0.05, 0.1) is 0 Å². The summed E-state index contributed by atoms with van der Waals surface area (Å²) < 4.78 is 15.1. The van der Waals surface area contributed by atoms with Crippen molar-refractivity contribution in [3.63, 3.8) is 0 Å². The Balaban J connectivity index is 1.93. The SMILES string of the molecule is Cc1c(Br)ccc(-c2ccc(C3CCCC3)cc2)c1F. The highest BCUT2D eigenvalue weighted by molar-refractivity contribution is 9.10. The molecule has 0 radical (unpaired) electrons. The molecule has 0 N–H and O–H groups in total. The summed E-state index contributed by atoms with van der Waals surface area (Å²) in [5.41, 5.74) is 3.71. The topological polar surface area (TPSA) is 0 Å². The van der Waals surface area contributed by atoms with Crippen LogP contribution in [0.15, 0.2) is 40.9 Å². The van der Waals surface area contributed by atoms with Gasteiger partial charge in [-0.25, -0.2) is 4.39 Å². The Morgan fingerprint density at radius 2 is 1.65 bits per heavy atom. The monoisotopic (exact) mass is 332 g/mol. The number of hydrogen-bond donors (Lipinski definition) is 0. The van der Waals surface area contributed by atoms with Crippen molar-refractivity contribution in [1.82, 2.24) is 0 Å². The Hall–Kier alpha value is -1.15. The van der Waals surface area contributed by atoms with Gasteiger partial charge >= 0.3 is 0 Å². The Morgan fingerprint density at radius 3 is 2.30 bits per heavy atom. The fourth-order valence-corrected chi connectivity index (χ4v) is 3.38. The minimum Gasteiger partial charge on any atom is -0.206 e. The summed E-state index contributed by atoms with van der Waals surface area (Å²) in [5, 5.41) is 0. The van der Waals surface area contributed by atoms with Crippen LogP contribution in [0.2, 0.25) is 0 Å². The van der Waals surface area contributed by atoms with Crippen LogP contribution in [0.3, 0.4) is 0 Å². The van der Waals surface area contributed by atoms with Crippen LogP contribution in [0, 0.1) is 12.7 Å². The molecule has 0 bridgehead atoms. The van der Waals surface area contributed by atoms with E-state index in [2.05, 4.69) is 40.2 Å².